The topological polar surface area (TPSA) is 68.1 Å². The molecule has 1 aromatic carbocycles. The SMILES string of the molecule is O=[N+]([O-])c1cccc(CNc2ccc3c(n2)CCC3)c1. The molecular weight excluding hydrogens is 254 g/mol. The summed E-state index contributed by atoms with van der Waals surface area (Å²) in [7, 11) is 0. The predicted octanol–water partition coefficient (Wildman–Crippen LogP) is 3.09. The molecular formula is C15H15N3O2. The summed E-state index contributed by atoms with van der Waals surface area (Å²) in [5.74, 6) is 0.831. The monoisotopic (exact) mass is 269 g/mol. The summed E-state index contributed by atoms with van der Waals surface area (Å²) in [6.45, 7) is 0.535. The van der Waals surface area contributed by atoms with Gasteiger partial charge in [-0.25, -0.2) is 4.98 Å². The van der Waals surface area contributed by atoms with Crippen molar-refractivity contribution in [2.45, 2.75) is 25.8 Å². The molecule has 3 rings (SSSR count). The van der Waals surface area contributed by atoms with E-state index >= 15 is 0 Å². The molecule has 0 spiro atoms. The molecule has 5 nitrogen and oxygen atoms in total. The first-order valence-corrected chi connectivity index (χ1v) is 6.68. The van der Waals surface area contributed by atoms with E-state index in [1.165, 1.54) is 23.7 Å². The molecule has 1 heterocycles. The van der Waals surface area contributed by atoms with Gasteiger partial charge in [0.25, 0.3) is 5.69 Å². The number of non-ortho nitro benzene ring substituents is 1. The number of aromatic nitrogens is 1. The summed E-state index contributed by atoms with van der Waals surface area (Å²) in [5, 5.41) is 14.0. The van der Waals surface area contributed by atoms with Gasteiger partial charge in [0, 0.05) is 24.4 Å². The molecule has 20 heavy (non-hydrogen) atoms. The average molecular weight is 269 g/mol. The van der Waals surface area contributed by atoms with E-state index < -0.39 is 0 Å². The maximum atomic E-state index is 10.7. The van der Waals surface area contributed by atoms with Gasteiger partial charge in [-0.05, 0) is 36.5 Å². The minimum absolute atomic E-state index is 0.117. The third-order valence-electron chi connectivity index (χ3n) is 3.52. The lowest BCUT2D eigenvalue weighted by Crippen LogP contribution is -2.03. The van der Waals surface area contributed by atoms with Crippen molar-refractivity contribution < 1.29 is 4.92 Å². The Morgan fingerprint density at radius 1 is 1.25 bits per heavy atom. The van der Waals surface area contributed by atoms with E-state index in [0.717, 1.165) is 24.2 Å². The fraction of sp³-hybridized carbons (Fsp3) is 0.267. The maximum absolute atomic E-state index is 10.7. The second kappa shape index (κ2) is 5.28. The number of nitrogens with one attached hydrogen (secondary N) is 1. The van der Waals surface area contributed by atoms with Crippen molar-refractivity contribution in [3.63, 3.8) is 0 Å². The van der Waals surface area contributed by atoms with E-state index in [1.807, 2.05) is 12.1 Å². The molecule has 1 aliphatic rings. The van der Waals surface area contributed by atoms with Crippen molar-refractivity contribution in [2.75, 3.05) is 5.32 Å². The first-order valence-electron chi connectivity index (χ1n) is 6.68. The summed E-state index contributed by atoms with van der Waals surface area (Å²) in [5.41, 5.74) is 3.51. The summed E-state index contributed by atoms with van der Waals surface area (Å²) in [6.07, 6.45) is 3.34. The Balaban J connectivity index is 1.70. The lowest BCUT2D eigenvalue weighted by Gasteiger charge is -2.07. The third kappa shape index (κ3) is 2.61. The van der Waals surface area contributed by atoms with Gasteiger partial charge in [0.15, 0.2) is 0 Å². The smallest absolute Gasteiger partial charge is 0.269 e. The fourth-order valence-corrected chi connectivity index (χ4v) is 2.49. The van der Waals surface area contributed by atoms with E-state index in [0.29, 0.717) is 6.54 Å². The van der Waals surface area contributed by atoms with E-state index in [9.17, 15) is 10.1 Å². The zero-order valence-electron chi connectivity index (χ0n) is 11.0. The van der Waals surface area contributed by atoms with Gasteiger partial charge >= 0.3 is 0 Å². The number of nitro benzene ring substituents is 1. The van der Waals surface area contributed by atoms with Gasteiger partial charge in [-0.1, -0.05) is 18.2 Å². The molecule has 0 amide bonds. The number of benzene rings is 1. The molecule has 0 aliphatic heterocycles. The standard InChI is InChI=1S/C15H15N3O2/c19-18(20)13-5-1-3-11(9-13)10-16-15-8-7-12-4-2-6-14(12)17-15/h1,3,5,7-9H,2,4,6,10H2,(H,16,17). The van der Waals surface area contributed by atoms with Crippen LogP contribution in [0.25, 0.3) is 0 Å². The van der Waals surface area contributed by atoms with Crippen LogP contribution >= 0.6 is 0 Å². The first kappa shape index (κ1) is 12.6. The summed E-state index contributed by atoms with van der Waals surface area (Å²) in [6, 6.07) is 10.7. The molecule has 0 bridgehead atoms. The van der Waals surface area contributed by atoms with Gasteiger partial charge in [-0.3, -0.25) is 10.1 Å². The summed E-state index contributed by atoms with van der Waals surface area (Å²) < 4.78 is 0. The van der Waals surface area contributed by atoms with Crippen LogP contribution in [0.2, 0.25) is 0 Å². The molecule has 0 unspecified atom stereocenters. The highest BCUT2D eigenvalue weighted by Gasteiger charge is 2.12. The molecule has 0 radical (unpaired) electrons. The van der Waals surface area contributed by atoms with E-state index in [4.69, 9.17) is 0 Å². The largest absolute Gasteiger partial charge is 0.366 e. The number of anilines is 1. The van der Waals surface area contributed by atoms with Crippen LogP contribution in [0.5, 0.6) is 0 Å². The highest BCUT2D eigenvalue weighted by atomic mass is 16.6. The van der Waals surface area contributed by atoms with Crippen LogP contribution in [-0.4, -0.2) is 9.91 Å². The number of aryl methyl sites for hydroxylation is 2. The number of fused-ring (bicyclic) bond motifs is 1. The quantitative estimate of drug-likeness (QED) is 0.684. The van der Waals surface area contributed by atoms with Gasteiger partial charge < -0.3 is 5.32 Å². The normalized spacial score (nSPS) is 13.0. The van der Waals surface area contributed by atoms with Crippen molar-refractivity contribution in [3.8, 4) is 0 Å². The molecule has 2 aromatic rings. The van der Waals surface area contributed by atoms with Crippen LogP contribution < -0.4 is 5.32 Å². The Hall–Kier alpha value is -2.43. The van der Waals surface area contributed by atoms with Crippen LogP contribution in [0, 0.1) is 10.1 Å². The molecule has 0 saturated heterocycles. The van der Waals surface area contributed by atoms with Gasteiger partial charge in [0.05, 0.1) is 4.92 Å². The second-order valence-electron chi connectivity index (χ2n) is 4.94. The highest BCUT2D eigenvalue weighted by molar-refractivity contribution is 5.42. The zero-order chi connectivity index (χ0) is 13.9. The Labute approximate surface area is 116 Å². The number of rotatable bonds is 4. The number of pyridine rings is 1. The molecule has 0 fully saturated rings. The van der Waals surface area contributed by atoms with Crippen LogP contribution in [0.3, 0.4) is 0 Å². The molecule has 0 saturated carbocycles. The predicted molar refractivity (Wildman–Crippen MR) is 76.7 cm³/mol. The van der Waals surface area contributed by atoms with Crippen molar-refractivity contribution in [1.29, 1.82) is 0 Å². The molecule has 102 valence electrons. The van der Waals surface area contributed by atoms with Gasteiger partial charge in [0.1, 0.15) is 5.82 Å². The molecule has 1 aliphatic carbocycles. The minimum Gasteiger partial charge on any atom is -0.366 e. The fourth-order valence-electron chi connectivity index (χ4n) is 2.49. The summed E-state index contributed by atoms with van der Waals surface area (Å²) in [4.78, 5) is 14.9. The minimum atomic E-state index is -0.378. The third-order valence-corrected chi connectivity index (χ3v) is 3.52. The average Bonchev–Trinajstić information content (AvgIpc) is 2.93. The number of nitrogens with zero attached hydrogens (tertiary/aromatic N) is 2. The lowest BCUT2D eigenvalue weighted by molar-refractivity contribution is -0.384. The van der Waals surface area contributed by atoms with Gasteiger partial charge in [-0.2, -0.15) is 0 Å². The Morgan fingerprint density at radius 2 is 2.15 bits per heavy atom. The molecule has 1 N–H and O–H groups in total. The van der Waals surface area contributed by atoms with Crippen LogP contribution in [0.15, 0.2) is 36.4 Å². The van der Waals surface area contributed by atoms with E-state index in [1.54, 1.807) is 12.1 Å². The Morgan fingerprint density at radius 3 is 3.00 bits per heavy atom. The second-order valence-corrected chi connectivity index (χ2v) is 4.94. The first-order chi connectivity index (χ1) is 9.72. The van der Waals surface area contributed by atoms with Gasteiger partial charge in [-0.15, -0.1) is 0 Å². The van der Waals surface area contributed by atoms with Gasteiger partial charge in [0.2, 0.25) is 0 Å². The Kier molecular flexibility index (Phi) is 3.33. The van der Waals surface area contributed by atoms with Crippen molar-refractivity contribution in [3.05, 3.63) is 63.3 Å². The molecule has 1 aromatic heterocycles. The summed E-state index contributed by atoms with van der Waals surface area (Å²) >= 11 is 0. The zero-order valence-corrected chi connectivity index (χ0v) is 11.0. The van der Waals surface area contributed by atoms with Crippen LogP contribution in [-0.2, 0) is 19.4 Å². The van der Waals surface area contributed by atoms with E-state index in [-0.39, 0.29) is 10.6 Å². The number of hydrogen-bond acceptors (Lipinski definition) is 4. The number of nitro groups is 1. The van der Waals surface area contributed by atoms with Crippen LogP contribution in [0.1, 0.15) is 23.2 Å². The maximum Gasteiger partial charge on any atom is 0.269 e. The van der Waals surface area contributed by atoms with Crippen LogP contribution in [0.4, 0.5) is 11.5 Å². The Bertz CT molecular complexity index is 655. The molecule has 0 atom stereocenters. The van der Waals surface area contributed by atoms with E-state index in [2.05, 4.69) is 16.4 Å². The van der Waals surface area contributed by atoms with Crippen molar-refractivity contribution >= 4 is 11.5 Å². The van der Waals surface area contributed by atoms with Crippen molar-refractivity contribution in [2.24, 2.45) is 0 Å². The van der Waals surface area contributed by atoms with Crippen molar-refractivity contribution in [1.82, 2.24) is 4.98 Å². The lowest BCUT2D eigenvalue weighted by atomic mass is 10.2. The molecule has 5 heteroatoms. The number of hydrogen-bond donors (Lipinski definition) is 1. The highest BCUT2D eigenvalue weighted by Crippen LogP contribution is 2.22.